The maximum absolute atomic E-state index is 13.1. The number of halogens is 3. The van der Waals surface area contributed by atoms with Gasteiger partial charge in [-0.15, -0.1) is 6.42 Å². The zero-order valence-corrected chi connectivity index (χ0v) is 24.9. The van der Waals surface area contributed by atoms with E-state index < -0.39 is 17.6 Å². The van der Waals surface area contributed by atoms with Crippen molar-refractivity contribution in [3.8, 4) is 29.4 Å². The van der Waals surface area contributed by atoms with Crippen molar-refractivity contribution in [2.45, 2.75) is 13.1 Å². The van der Waals surface area contributed by atoms with Crippen LogP contribution >= 0.6 is 0 Å². The molecular weight excluding hydrogens is 593 g/mol. The molecule has 45 heavy (non-hydrogen) atoms. The number of carbonyl (C=O) groups excluding carboxylic acids is 1. The van der Waals surface area contributed by atoms with E-state index in [1.807, 2.05) is 13.0 Å². The van der Waals surface area contributed by atoms with Crippen LogP contribution in [0, 0.1) is 19.3 Å². The van der Waals surface area contributed by atoms with Crippen LogP contribution in [-0.4, -0.2) is 88.4 Å². The fourth-order valence-electron chi connectivity index (χ4n) is 4.43. The molecule has 0 unspecified atom stereocenters. The van der Waals surface area contributed by atoms with Gasteiger partial charge in [-0.05, 0) is 37.3 Å². The van der Waals surface area contributed by atoms with Crippen molar-refractivity contribution in [3.05, 3.63) is 65.6 Å². The topological polar surface area (TPSA) is 104 Å². The van der Waals surface area contributed by atoms with Crippen molar-refractivity contribution < 1.29 is 41.7 Å². The van der Waals surface area contributed by atoms with Crippen molar-refractivity contribution in [2.24, 2.45) is 0 Å². The van der Waals surface area contributed by atoms with Gasteiger partial charge in [-0.1, -0.05) is 12.0 Å². The highest BCUT2D eigenvalue weighted by Gasteiger charge is 2.31. The standard InChI is InChI=1S/C32H35F3N4O6/c1-3-9-41-12-13-43-14-15-44-16-17-45-31-29(39-7-10-42-11-8-39)19-25(21-37-31)28-20-27(22-36-23(28)2)38-30(40)24-5-4-6-26(18-24)32(33,34)35/h1,4-6,18-22H,7-17H2,2H3,(H,38,40). The molecule has 1 aliphatic heterocycles. The molecule has 1 saturated heterocycles. The monoisotopic (exact) mass is 628 g/mol. The number of rotatable bonds is 15. The minimum Gasteiger partial charge on any atom is -0.474 e. The van der Waals surface area contributed by atoms with Gasteiger partial charge >= 0.3 is 6.18 Å². The lowest BCUT2D eigenvalue weighted by atomic mass is 10.0. The summed E-state index contributed by atoms with van der Waals surface area (Å²) in [6.07, 6.45) is 3.67. The van der Waals surface area contributed by atoms with Crippen LogP contribution in [0.3, 0.4) is 0 Å². The quantitative estimate of drug-likeness (QED) is 0.191. The molecule has 240 valence electrons. The van der Waals surface area contributed by atoms with E-state index in [0.29, 0.717) is 82.2 Å². The third-order valence-electron chi connectivity index (χ3n) is 6.69. The van der Waals surface area contributed by atoms with Gasteiger partial charge in [-0.2, -0.15) is 13.2 Å². The molecule has 1 amide bonds. The van der Waals surface area contributed by atoms with E-state index in [4.69, 9.17) is 30.1 Å². The molecule has 1 aromatic carbocycles. The predicted molar refractivity (Wildman–Crippen MR) is 161 cm³/mol. The number of nitrogens with one attached hydrogen (secondary N) is 1. The van der Waals surface area contributed by atoms with Crippen LogP contribution in [0.5, 0.6) is 5.88 Å². The first-order chi connectivity index (χ1) is 21.8. The summed E-state index contributed by atoms with van der Waals surface area (Å²) in [7, 11) is 0. The fourth-order valence-corrected chi connectivity index (χ4v) is 4.43. The van der Waals surface area contributed by atoms with Crippen molar-refractivity contribution in [1.29, 1.82) is 0 Å². The molecule has 10 nitrogen and oxygen atoms in total. The third kappa shape index (κ3) is 10.2. The Balaban J connectivity index is 1.42. The number of terminal acetylenes is 1. The van der Waals surface area contributed by atoms with Gasteiger partial charge in [-0.25, -0.2) is 4.98 Å². The molecule has 0 radical (unpaired) electrons. The Hall–Kier alpha value is -4.22. The van der Waals surface area contributed by atoms with Crippen LogP contribution in [0.25, 0.3) is 11.1 Å². The summed E-state index contributed by atoms with van der Waals surface area (Å²) >= 11 is 0. The number of nitrogens with zero attached hydrogens (tertiary/aromatic N) is 3. The second-order valence-corrected chi connectivity index (χ2v) is 9.87. The van der Waals surface area contributed by atoms with Gasteiger partial charge in [0.25, 0.3) is 5.91 Å². The molecule has 3 heterocycles. The number of amides is 1. The van der Waals surface area contributed by atoms with E-state index in [-0.39, 0.29) is 18.8 Å². The van der Waals surface area contributed by atoms with Crippen molar-refractivity contribution >= 4 is 17.3 Å². The highest BCUT2D eigenvalue weighted by Crippen LogP contribution is 2.34. The van der Waals surface area contributed by atoms with Crippen molar-refractivity contribution in [1.82, 2.24) is 9.97 Å². The lowest BCUT2D eigenvalue weighted by molar-refractivity contribution is -0.137. The number of anilines is 2. The highest BCUT2D eigenvalue weighted by atomic mass is 19.4. The average Bonchev–Trinajstić information content (AvgIpc) is 3.04. The van der Waals surface area contributed by atoms with E-state index >= 15 is 0 Å². The number of morpholine rings is 1. The Morgan fingerprint density at radius 3 is 2.42 bits per heavy atom. The van der Waals surface area contributed by atoms with Crippen LogP contribution in [0.4, 0.5) is 24.5 Å². The smallest absolute Gasteiger partial charge is 0.416 e. The van der Waals surface area contributed by atoms with Gasteiger partial charge in [0.15, 0.2) is 0 Å². The Labute approximate surface area is 259 Å². The van der Waals surface area contributed by atoms with Crippen LogP contribution in [-0.2, 0) is 25.1 Å². The highest BCUT2D eigenvalue weighted by molar-refractivity contribution is 6.04. The number of pyridine rings is 2. The van der Waals surface area contributed by atoms with E-state index in [1.165, 1.54) is 18.3 Å². The molecule has 0 aliphatic carbocycles. The molecule has 4 rings (SSSR count). The summed E-state index contributed by atoms with van der Waals surface area (Å²) in [4.78, 5) is 23.9. The first kappa shape index (κ1) is 33.7. The van der Waals surface area contributed by atoms with Crippen molar-refractivity contribution in [3.63, 3.8) is 0 Å². The summed E-state index contributed by atoms with van der Waals surface area (Å²) in [5, 5.41) is 2.65. The minimum absolute atomic E-state index is 0.119. The van der Waals surface area contributed by atoms with E-state index in [2.05, 4.69) is 26.1 Å². The summed E-state index contributed by atoms with van der Waals surface area (Å²) in [5.74, 6) is 2.14. The summed E-state index contributed by atoms with van der Waals surface area (Å²) in [6.45, 7) is 6.74. The Kier molecular flexibility index (Phi) is 12.5. The van der Waals surface area contributed by atoms with Gasteiger partial charge in [-0.3, -0.25) is 9.78 Å². The number of aromatic nitrogens is 2. The predicted octanol–water partition coefficient (Wildman–Crippen LogP) is 4.62. The van der Waals surface area contributed by atoms with Crippen LogP contribution in [0.1, 0.15) is 21.6 Å². The number of benzene rings is 1. The second-order valence-electron chi connectivity index (χ2n) is 9.87. The SMILES string of the molecule is C#CCOCCOCCOCCOc1ncc(-c2cc(NC(=O)c3cccc(C(F)(F)F)c3)cnc2C)cc1N1CCOCC1. The van der Waals surface area contributed by atoms with Gasteiger partial charge in [0.2, 0.25) is 5.88 Å². The molecule has 3 aromatic rings. The number of hydrogen-bond acceptors (Lipinski definition) is 9. The summed E-state index contributed by atoms with van der Waals surface area (Å²) < 4.78 is 67.1. The number of hydrogen-bond donors (Lipinski definition) is 1. The Morgan fingerprint density at radius 2 is 1.71 bits per heavy atom. The normalized spacial score (nSPS) is 13.4. The Bertz CT molecular complexity index is 1460. The first-order valence-electron chi connectivity index (χ1n) is 14.3. The zero-order chi connectivity index (χ0) is 32.1. The van der Waals surface area contributed by atoms with Crippen molar-refractivity contribution in [2.75, 3.05) is 82.8 Å². The van der Waals surface area contributed by atoms with Crippen LogP contribution in [0.15, 0.2) is 48.8 Å². The first-order valence-corrected chi connectivity index (χ1v) is 14.3. The Morgan fingerprint density at radius 1 is 1.00 bits per heavy atom. The summed E-state index contributed by atoms with van der Waals surface area (Å²) in [5.41, 5.74) is 2.17. The van der Waals surface area contributed by atoms with Gasteiger partial charge in [0.05, 0.1) is 63.7 Å². The maximum Gasteiger partial charge on any atom is 0.416 e. The number of ether oxygens (including phenoxy) is 5. The lowest BCUT2D eigenvalue weighted by Crippen LogP contribution is -2.36. The lowest BCUT2D eigenvalue weighted by Gasteiger charge is -2.30. The van der Waals surface area contributed by atoms with Gasteiger partial charge < -0.3 is 33.9 Å². The molecular formula is C32H35F3N4O6. The number of aryl methyl sites for hydroxylation is 1. The molecule has 13 heteroatoms. The third-order valence-corrected chi connectivity index (χ3v) is 6.69. The number of carbonyl (C=O) groups is 1. The molecule has 0 saturated carbocycles. The second kappa shape index (κ2) is 16.7. The molecule has 1 aliphatic rings. The molecule has 0 atom stereocenters. The molecule has 2 aromatic heterocycles. The average molecular weight is 629 g/mol. The van der Waals surface area contributed by atoms with Crippen LogP contribution in [0.2, 0.25) is 0 Å². The molecule has 0 bridgehead atoms. The largest absolute Gasteiger partial charge is 0.474 e. The van der Waals surface area contributed by atoms with E-state index in [9.17, 15) is 18.0 Å². The summed E-state index contributed by atoms with van der Waals surface area (Å²) in [6, 6.07) is 7.90. The minimum atomic E-state index is -4.56. The zero-order valence-electron chi connectivity index (χ0n) is 24.9. The van der Waals surface area contributed by atoms with Gasteiger partial charge in [0.1, 0.15) is 18.9 Å². The van der Waals surface area contributed by atoms with E-state index in [0.717, 1.165) is 23.4 Å². The number of alkyl halides is 3. The molecule has 1 N–H and O–H groups in total. The van der Waals surface area contributed by atoms with Crippen LogP contribution < -0.4 is 15.0 Å². The fraction of sp³-hybridized carbons (Fsp3) is 0.406. The van der Waals surface area contributed by atoms with Gasteiger partial charge in [0, 0.05) is 41.7 Å². The molecule has 0 spiro atoms. The maximum atomic E-state index is 13.1. The van der Waals surface area contributed by atoms with E-state index in [1.54, 1.807) is 12.3 Å². The molecule has 1 fully saturated rings.